The van der Waals surface area contributed by atoms with E-state index in [1.54, 1.807) is 20.5 Å². The maximum absolute atomic E-state index is 6.14. The molecule has 1 aromatic heterocycles. The van der Waals surface area contributed by atoms with Gasteiger partial charge < -0.3 is 24.3 Å². The Labute approximate surface area is 229 Å². The Balaban J connectivity index is 1.26. The molecule has 4 aromatic rings. The fourth-order valence-corrected chi connectivity index (χ4v) is 4.45. The van der Waals surface area contributed by atoms with Crippen molar-refractivity contribution in [3.8, 4) is 17.2 Å². The molecule has 2 heterocycles. The van der Waals surface area contributed by atoms with Crippen LogP contribution in [-0.4, -0.2) is 68.5 Å². The van der Waals surface area contributed by atoms with Crippen molar-refractivity contribution in [2.45, 2.75) is 6.42 Å². The molecule has 202 valence electrons. The molecule has 39 heavy (non-hydrogen) atoms. The van der Waals surface area contributed by atoms with Gasteiger partial charge >= 0.3 is 0 Å². The summed E-state index contributed by atoms with van der Waals surface area (Å²) in [6.07, 6.45) is 6.64. The smallest absolute Gasteiger partial charge is 0.162 e. The summed E-state index contributed by atoms with van der Waals surface area (Å²) in [5, 5.41) is 4.30. The lowest BCUT2D eigenvalue weighted by atomic mass is 10.1. The van der Waals surface area contributed by atoms with Crippen LogP contribution < -0.4 is 19.5 Å². The monoisotopic (exact) mass is 526 g/mol. The van der Waals surface area contributed by atoms with Crippen molar-refractivity contribution < 1.29 is 18.9 Å². The standard InChI is InChI=1S/C31H34N4O4/c1-36-26-12-8-24(9-13-26)5-4-23-6-10-25(11-7-23)34-31-27-20-30(29(37-2)21-28(27)32-22-33-31)39-17-3-14-35-15-18-38-19-16-35/h4-13,20-22H,3,14-19H2,1-2H3,(H,32,33,34)/b5-4+. The number of nitrogens with zero attached hydrogens (tertiary/aromatic N) is 3. The van der Waals surface area contributed by atoms with E-state index < -0.39 is 0 Å². The molecular weight excluding hydrogens is 492 g/mol. The Morgan fingerprint density at radius 3 is 2.28 bits per heavy atom. The lowest BCUT2D eigenvalue weighted by molar-refractivity contribution is 0.0357. The molecule has 8 heteroatoms. The van der Waals surface area contributed by atoms with E-state index in [0.717, 1.165) is 72.7 Å². The molecule has 0 radical (unpaired) electrons. The summed E-state index contributed by atoms with van der Waals surface area (Å²) in [5.74, 6) is 2.90. The minimum atomic E-state index is 0.598. The second-order valence-electron chi connectivity index (χ2n) is 9.25. The number of benzene rings is 3. The molecular formula is C31H34N4O4. The number of hydrogen-bond acceptors (Lipinski definition) is 8. The molecule has 0 saturated carbocycles. The summed E-state index contributed by atoms with van der Waals surface area (Å²) in [5.41, 5.74) is 3.92. The summed E-state index contributed by atoms with van der Waals surface area (Å²) in [4.78, 5) is 11.4. The van der Waals surface area contributed by atoms with Crippen LogP contribution in [0.5, 0.6) is 17.2 Å². The molecule has 0 atom stereocenters. The van der Waals surface area contributed by atoms with Gasteiger partial charge in [0.15, 0.2) is 11.5 Å². The molecule has 0 spiro atoms. The number of hydrogen-bond donors (Lipinski definition) is 1. The van der Waals surface area contributed by atoms with E-state index in [-0.39, 0.29) is 0 Å². The van der Waals surface area contributed by atoms with Crippen molar-refractivity contribution in [2.75, 3.05) is 59.0 Å². The van der Waals surface area contributed by atoms with Gasteiger partial charge in [-0.25, -0.2) is 9.97 Å². The van der Waals surface area contributed by atoms with Crippen LogP contribution in [0, 0.1) is 0 Å². The molecule has 0 unspecified atom stereocenters. The number of nitrogens with one attached hydrogen (secondary N) is 1. The van der Waals surface area contributed by atoms with Gasteiger partial charge in [-0.1, -0.05) is 36.4 Å². The highest BCUT2D eigenvalue weighted by Gasteiger charge is 2.13. The van der Waals surface area contributed by atoms with Crippen molar-refractivity contribution in [1.29, 1.82) is 0 Å². The van der Waals surface area contributed by atoms with Gasteiger partial charge in [0.1, 0.15) is 17.9 Å². The van der Waals surface area contributed by atoms with E-state index in [2.05, 4.69) is 44.5 Å². The average molecular weight is 527 g/mol. The fraction of sp³-hybridized carbons (Fsp3) is 0.290. The fourth-order valence-electron chi connectivity index (χ4n) is 4.45. The van der Waals surface area contributed by atoms with E-state index >= 15 is 0 Å². The van der Waals surface area contributed by atoms with Crippen molar-refractivity contribution in [2.24, 2.45) is 0 Å². The first-order valence-corrected chi connectivity index (χ1v) is 13.2. The molecule has 0 aliphatic carbocycles. The third-order valence-electron chi connectivity index (χ3n) is 6.66. The number of morpholine rings is 1. The first kappa shape index (κ1) is 26.5. The van der Waals surface area contributed by atoms with Crippen LogP contribution in [0.1, 0.15) is 17.5 Å². The van der Waals surface area contributed by atoms with E-state index in [9.17, 15) is 0 Å². The SMILES string of the molecule is COc1ccc(/C=C/c2ccc(Nc3ncnc4cc(OC)c(OCCCN5CCOCC5)cc34)cc2)cc1. The number of anilines is 2. The van der Waals surface area contributed by atoms with Gasteiger partial charge in [0, 0.05) is 36.8 Å². The van der Waals surface area contributed by atoms with Gasteiger partial charge in [-0.2, -0.15) is 0 Å². The van der Waals surface area contributed by atoms with Crippen LogP contribution in [0.15, 0.2) is 67.0 Å². The van der Waals surface area contributed by atoms with E-state index in [4.69, 9.17) is 18.9 Å². The largest absolute Gasteiger partial charge is 0.497 e. The Kier molecular flexibility index (Phi) is 8.88. The van der Waals surface area contributed by atoms with Crippen molar-refractivity contribution in [1.82, 2.24) is 14.9 Å². The normalized spacial score (nSPS) is 14.0. The van der Waals surface area contributed by atoms with Crippen molar-refractivity contribution >= 4 is 34.6 Å². The van der Waals surface area contributed by atoms with Crippen molar-refractivity contribution in [3.63, 3.8) is 0 Å². The van der Waals surface area contributed by atoms with Crippen molar-refractivity contribution in [3.05, 3.63) is 78.1 Å². The quantitative estimate of drug-likeness (QED) is 0.198. The lowest BCUT2D eigenvalue weighted by Gasteiger charge is -2.26. The second-order valence-corrected chi connectivity index (χ2v) is 9.25. The second kappa shape index (κ2) is 13.1. The Hall–Kier alpha value is -4.14. The molecule has 1 aliphatic heterocycles. The highest BCUT2D eigenvalue weighted by molar-refractivity contribution is 5.93. The zero-order chi connectivity index (χ0) is 26.9. The number of fused-ring (bicyclic) bond motifs is 1. The average Bonchev–Trinajstić information content (AvgIpc) is 2.99. The molecule has 1 aliphatic rings. The summed E-state index contributed by atoms with van der Waals surface area (Å²) >= 11 is 0. The van der Waals surface area contributed by atoms with Crippen LogP contribution in [-0.2, 0) is 4.74 Å². The van der Waals surface area contributed by atoms with Gasteiger partial charge in [-0.15, -0.1) is 0 Å². The molecule has 3 aromatic carbocycles. The minimum absolute atomic E-state index is 0.598. The number of methoxy groups -OCH3 is 2. The molecule has 1 fully saturated rings. The number of ether oxygens (including phenoxy) is 4. The summed E-state index contributed by atoms with van der Waals surface area (Å²) in [6, 6.07) is 20.0. The summed E-state index contributed by atoms with van der Waals surface area (Å²) < 4.78 is 22.4. The van der Waals surface area contributed by atoms with E-state index in [1.807, 2.05) is 48.5 Å². The molecule has 0 bridgehead atoms. The minimum Gasteiger partial charge on any atom is -0.497 e. The van der Waals surface area contributed by atoms with E-state index in [0.29, 0.717) is 23.9 Å². The van der Waals surface area contributed by atoms with Crippen LogP contribution in [0.25, 0.3) is 23.1 Å². The van der Waals surface area contributed by atoms with E-state index in [1.165, 1.54) is 0 Å². The van der Waals surface area contributed by atoms with Crippen LogP contribution >= 0.6 is 0 Å². The first-order valence-electron chi connectivity index (χ1n) is 13.2. The number of rotatable bonds is 11. The first-order chi connectivity index (χ1) is 19.2. The maximum Gasteiger partial charge on any atom is 0.162 e. The highest BCUT2D eigenvalue weighted by atomic mass is 16.5. The number of aromatic nitrogens is 2. The van der Waals surface area contributed by atoms with Crippen LogP contribution in [0.2, 0.25) is 0 Å². The van der Waals surface area contributed by atoms with Crippen LogP contribution in [0.3, 0.4) is 0 Å². The molecule has 8 nitrogen and oxygen atoms in total. The Bertz CT molecular complexity index is 1380. The molecule has 1 N–H and O–H groups in total. The van der Waals surface area contributed by atoms with Crippen LogP contribution in [0.4, 0.5) is 11.5 Å². The highest BCUT2D eigenvalue weighted by Crippen LogP contribution is 2.35. The maximum atomic E-state index is 6.14. The predicted octanol–water partition coefficient (Wildman–Crippen LogP) is 5.66. The predicted molar refractivity (Wildman–Crippen MR) is 155 cm³/mol. The summed E-state index contributed by atoms with van der Waals surface area (Å²) in [7, 11) is 3.32. The molecule has 5 rings (SSSR count). The van der Waals surface area contributed by atoms with Gasteiger partial charge in [-0.05, 0) is 47.9 Å². The van der Waals surface area contributed by atoms with Gasteiger partial charge in [0.25, 0.3) is 0 Å². The topological polar surface area (TPSA) is 78.0 Å². The summed E-state index contributed by atoms with van der Waals surface area (Å²) in [6.45, 7) is 5.15. The molecule has 1 saturated heterocycles. The molecule has 0 amide bonds. The van der Waals surface area contributed by atoms with Gasteiger partial charge in [-0.3, -0.25) is 4.90 Å². The van der Waals surface area contributed by atoms with Gasteiger partial charge in [0.2, 0.25) is 0 Å². The lowest BCUT2D eigenvalue weighted by Crippen LogP contribution is -2.37. The zero-order valence-corrected chi connectivity index (χ0v) is 22.4. The zero-order valence-electron chi connectivity index (χ0n) is 22.4. The third-order valence-corrected chi connectivity index (χ3v) is 6.66. The Morgan fingerprint density at radius 2 is 1.59 bits per heavy atom. The Morgan fingerprint density at radius 1 is 0.872 bits per heavy atom. The van der Waals surface area contributed by atoms with Gasteiger partial charge in [0.05, 0.1) is 39.6 Å². The third kappa shape index (κ3) is 7.04.